The molecule has 2 rings (SSSR count). The van der Waals surface area contributed by atoms with Crippen LogP contribution in [0.2, 0.25) is 0 Å². The van der Waals surface area contributed by atoms with Crippen LogP contribution >= 0.6 is 0 Å². The fraction of sp³-hybridized carbons (Fsp3) is 0.778. The molecular weight excluding hydrogens is 252 g/mol. The van der Waals surface area contributed by atoms with Crippen molar-refractivity contribution in [1.29, 1.82) is 0 Å². The summed E-state index contributed by atoms with van der Waals surface area (Å²) in [4.78, 5) is 2.99. The van der Waals surface area contributed by atoms with Crippen LogP contribution in [0.15, 0.2) is 6.33 Å². The smallest absolute Gasteiger partial charge is 0.171 e. The van der Waals surface area contributed by atoms with Crippen LogP contribution in [0.25, 0.3) is 0 Å². The van der Waals surface area contributed by atoms with Crippen LogP contribution in [0.5, 0.6) is 0 Å². The molecule has 10 nitrogen and oxygen atoms in total. The lowest BCUT2D eigenvalue weighted by atomic mass is 10.7. The number of methoxy groups -OCH3 is 2. The maximum Gasteiger partial charge on any atom is 0.171 e. The van der Waals surface area contributed by atoms with E-state index in [-0.39, 0.29) is 0 Å². The molecule has 0 fully saturated rings. The van der Waals surface area contributed by atoms with Gasteiger partial charge in [-0.3, -0.25) is 0 Å². The zero-order valence-electron chi connectivity index (χ0n) is 11.3. The molecular formula is C9H18N8O2. The Morgan fingerprint density at radius 2 is 1.74 bits per heavy atom. The van der Waals surface area contributed by atoms with E-state index in [4.69, 9.17) is 9.47 Å². The van der Waals surface area contributed by atoms with Crippen LogP contribution in [0, 0.1) is 6.92 Å². The second-order valence-corrected chi connectivity index (χ2v) is 3.45. The van der Waals surface area contributed by atoms with Crippen LogP contribution in [0.3, 0.4) is 0 Å². The molecule has 2 aromatic heterocycles. The minimum atomic E-state index is 0.621. The van der Waals surface area contributed by atoms with Gasteiger partial charge in [0, 0.05) is 14.2 Å². The third-order valence-corrected chi connectivity index (χ3v) is 1.94. The number of ether oxygens (including phenoxy) is 2. The largest absolute Gasteiger partial charge is 0.383 e. The Morgan fingerprint density at radius 1 is 1.05 bits per heavy atom. The van der Waals surface area contributed by atoms with Crippen molar-refractivity contribution in [1.82, 2.24) is 40.4 Å². The molecule has 0 aliphatic carbocycles. The summed E-state index contributed by atoms with van der Waals surface area (Å²) in [7, 11) is 3.28. The van der Waals surface area contributed by atoms with E-state index < -0.39 is 0 Å². The molecule has 0 bridgehead atoms. The highest BCUT2D eigenvalue weighted by Crippen LogP contribution is 1.81. The summed E-state index contributed by atoms with van der Waals surface area (Å²) in [6, 6.07) is 0. The van der Waals surface area contributed by atoms with Gasteiger partial charge in [0.2, 0.25) is 0 Å². The molecule has 2 aromatic rings. The van der Waals surface area contributed by atoms with E-state index in [9.17, 15) is 0 Å². The lowest BCUT2D eigenvalue weighted by Gasteiger charge is -1.94. The zero-order valence-corrected chi connectivity index (χ0v) is 11.3. The molecule has 0 N–H and O–H groups in total. The van der Waals surface area contributed by atoms with Crippen molar-refractivity contribution in [3.8, 4) is 0 Å². The summed E-state index contributed by atoms with van der Waals surface area (Å²) >= 11 is 0. The molecule has 0 spiro atoms. The second-order valence-electron chi connectivity index (χ2n) is 3.45. The number of hydrogen-bond acceptors (Lipinski definition) is 8. The van der Waals surface area contributed by atoms with Gasteiger partial charge in [-0.15, -0.1) is 20.4 Å². The fourth-order valence-electron chi connectivity index (χ4n) is 1.05. The van der Waals surface area contributed by atoms with Crippen molar-refractivity contribution in [2.24, 2.45) is 0 Å². The SMILES string of the molecule is COCCn1ncnn1.COCCn1nnc(C)n1. The van der Waals surface area contributed by atoms with E-state index in [1.165, 1.54) is 15.9 Å². The van der Waals surface area contributed by atoms with Gasteiger partial charge in [0.15, 0.2) is 12.2 Å². The Morgan fingerprint density at radius 3 is 2.21 bits per heavy atom. The lowest BCUT2D eigenvalue weighted by Crippen LogP contribution is -2.07. The van der Waals surface area contributed by atoms with E-state index in [0.29, 0.717) is 32.1 Å². The van der Waals surface area contributed by atoms with Gasteiger partial charge in [-0.1, -0.05) is 0 Å². The van der Waals surface area contributed by atoms with Crippen molar-refractivity contribution in [2.75, 3.05) is 27.4 Å². The summed E-state index contributed by atoms with van der Waals surface area (Å²) in [6.45, 7) is 4.37. The normalized spacial score (nSPS) is 10.1. The van der Waals surface area contributed by atoms with Gasteiger partial charge in [0.05, 0.1) is 26.3 Å². The highest BCUT2D eigenvalue weighted by Gasteiger charge is 1.94. The molecule has 0 saturated carbocycles. The first kappa shape index (κ1) is 15.1. The van der Waals surface area contributed by atoms with E-state index >= 15 is 0 Å². The lowest BCUT2D eigenvalue weighted by molar-refractivity contribution is 0.178. The Kier molecular flexibility index (Phi) is 7.20. The van der Waals surface area contributed by atoms with Gasteiger partial charge in [0.1, 0.15) is 0 Å². The average Bonchev–Trinajstić information content (AvgIpc) is 3.06. The van der Waals surface area contributed by atoms with Crippen LogP contribution in [0.1, 0.15) is 5.82 Å². The summed E-state index contributed by atoms with van der Waals surface area (Å²) in [5.74, 6) is 0.691. The molecule has 10 heteroatoms. The number of tetrazole rings is 2. The summed E-state index contributed by atoms with van der Waals surface area (Å²) < 4.78 is 9.61. The number of aryl methyl sites for hydroxylation is 1. The number of aromatic nitrogens is 8. The van der Waals surface area contributed by atoms with Crippen molar-refractivity contribution < 1.29 is 9.47 Å². The van der Waals surface area contributed by atoms with Crippen LogP contribution < -0.4 is 0 Å². The van der Waals surface area contributed by atoms with E-state index in [1.807, 2.05) is 0 Å². The molecule has 0 aromatic carbocycles. The van der Waals surface area contributed by atoms with Crippen molar-refractivity contribution in [2.45, 2.75) is 20.0 Å². The standard InChI is InChI=1S/C5H10N4O.C4H8N4O/c1-5-6-8-9(7-5)3-4-10-2;1-9-3-2-8-6-4-5-7-8/h3-4H2,1-2H3;4H,2-3H2,1H3. The summed E-state index contributed by atoms with van der Waals surface area (Å²) in [6.07, 6.45) is 1.40. The predicted octanol–water partition coefficient (Wildman–Crippen LogP) is -1.05. The minimum absolute atomic E-state index is 0.621. The maximum atomic E-state index is 4.83. The van der Waals surface area contributed by atoms with Gasteiger partial charge in [0.25, 0.3) is 0 Å². The molecule has 0 aliphatic heterocycles. The van der Waals surface area contributed by atoms with Gasteiger partial charge in [-0.25, -0.2) is 0 Å². The highest BCUT2D eigenvalue weighted by molar-refractivity contribution is 4.66. The van der Waals surface area contributed by atoms with E-state index in [1.54, 1.807) is 21.1 Å². The van der Waals surface area contributed by atoms with Crippen molar-refractivity contribution >= 4 is 0 Å². The summed E-state index contributed by atoms with van der Waals surface area (Å²) in [5, 5.41) is 22.3. The molecule has 0 atom stereocenters. The Balaban J connectivity index is 0.000000191. The second kappa shape index (κ2) is 9.05. The molecule has 0 aliphatic rings. The first-order valence-corrected chi connectivity index (χ1v) is 5.69. The van der Waals surface area contributed by atoms with Gasteiger partial charge >= 0.3 is 0 Å². The molecule has 0 unspecified atom stereocenters. The molecule has 106 valence electrons. The van der Waals surface area contributed by atoms with E-state index in [0.717, 1.165) is 0 Å². The minimum Gasteiger partial charge on any atom is -0.383 e. The Hall–Kier alpha value is -1.94. The first-order chi connectivity index (χ1) is 9.26. The highest BCUT2D eigenvalue weighted by atomic mass is 16.5. The number of rotatable bonds is 6. The Labute approximate surface area is 110 Å². The van der Waals surface area contributed by atoms with Gasteiger partial charge < -0.3 is 9.47 Å². The molecule has 0 saturated heterocycles. The number of nitrogens with zero attached hydrogens (tertiary/aromatic N) is 8. The van der Waals surface area contributed by atoms with Crippen LogP contribution in [-0.4, -0.2) is 67.8 Å². The summed E-state index contributed by atoms with van der Waals surface area (Å²) in [5.41, 5.74) is 0. The molecule has 19 heavy (non-hydrogen) atoms. The first-order valence-electron chi connectivity index (χ1n) is 5.69. The predicted molar refractivity (Wildman–Crippen MR) is 64.1 cm³/mol. The third-order valence-electron chi connectivity index (χ3n) is 1.94. The third kappa shape index (κ3) is 6.52. The zero-order chi connectivity index (χ0) is 13.9. The fourth-order valence-corrected chi connectivity index (χ4v) is 1.05. The monoisotopic (exact) mass is 270 g/mol. The van der Waals surface area contributed by atoms with E-state index in [2.05, 4.69) is 30.8 Å². The topological polar surface area (TPSA) is 106 Å². The maximum absolute atomic E-state index is 4.83. The average molecular weight is 270 g/mol. The van der Waals surface area contributed by atoms with Crippen LogP contribution in [0.4, 0.5) is 0 Å². The van der Waals surface area contributed by atoms with Crippen LogP contribution in [-0.2, 0) is 22.6 Å². The van der Waals surface area contributed by atoms with Crippen molar-refractivity contribution in [3.63, 3.8) is 0 Å². The molecule has 0 radical (unpaired) electrons. The Bertz CT molecular complexity index is 429. The quantitative estimate of drug-likeness (QED) is 0.654. The number of hydrogen-bond donors (Lipinski definition) is 0. The molecule has 0 amide bonds. The van der Waals surface area contributed by atoms with Gasteiger partial charge in [-0.2, -0.15) is 9.59 Å². The van der Waals surface area contributed by atoms with Crippen molar-refractivity contribution in [3.05, 3.63) is 12.2 Å². The molecule has 2 heterocycles. The van der Waals surface area contributed by atoms with Gasteiger partial charge in [-0.05, 0) is 17.4 Å².